The van der Waals surface area contributed by atoms with Gasteiger partial charge in [0.05, 0.1) is 24.6 Å². The number of carbonyl (C=O) groups excluding carboxylic acids is 2. The molecule has 11 nitrogen and oxygen atoms in total. The fourth-order valence-corrected chi connectivity index (χ4v) is 5.97. The van der Waals surface area contributed by atoms with Gasteiger partial charge in [0.15, 0.2) is 5.78 Å². The van der Waals surface area contributed by atoms with Crippen molar-refractivity contribution in [2.24, 2.45) is 0 Å². The molecule has 3 aromatic rings. The smallest absolute Gasteiger partial charge is 0.325 e. The third kappa shape index (κ3) is 5.05. The minimum atomic E-state index is -0.665. The summed E-state index contributed by atoms with van der Waals surface area (Å²) in [5.74, 6) is 0.452. The van der Waals surface area contributed by atoms with Gasteiger partial charge in [-0.2, -0.15) is 4.98 Å². The summed E-state index contributed by atoms with van der Waals surface area (Å²) in [6, 6.07) is 3.89. The van der Waals surface area contributed by atoms with Crippen LogP contribution in [-0.4, -0.2) is 75.0 Å². The van der Waals surface area contributed by atoms with Gasteiger partial charge in [0.25, 0.3) is 5.56 Å². The van der Waals surface area contributed by atoms with Gasteiger partial charge in [0.2, 0.25) is 5.95 Å². The van der Waals surface area contributed by atoms with Crippen LogP contribution < -0.4 is 15.8 Å². The van der Waals surface area contributed by atoms with Crippen LogP contribution in [0.1, 0.15) is 68.4 Å². The van der Waals surface area contributed by atoms with Crippen LogP contribution in [-0.2, 0) is 9.53 Å². The molecule has 4 heterocycles. The van der Waals surface area contributed by atoms with Crippen molar-refractivity contribution in [1.29, 1.82) is 0 Å². The van der Waals surface area contributed by atoms with E-state index < -0.39 is 5.54 Å². The summed E-state index contributed by atoms with van der Waals surface area (Å²) in [5.41, 5.74) is 1.43. The van der Waals surface area contributed by atoms with Crippen molar-refractivity contribution in [3.8, 4) is 0 Å². The number of piperazine rings is 1. The van der Waals surface area contributed by atoms with Crippen LogP contribution in [0.4, 0.5) is 17.5 Å². The first kappa shape index (κ1) is 27.7. The summed E-state index contributed by atoms with van der Waals surface area (Å²) in [5, 5.41) is 3.88. The summed E-state index contributed by atoms with van der Waals surface area (Å²) >= 11 is 0. The Morgan fingerprint density at radius 3 is 2.35 bits per heavy atom. The lowest BCUT2D eigenvalue weighted by Crippen LogP contribution is -2.58. The second kappa shape index (κ2) is 11.0. The SMILES string of the molecule is COC(=O)C(C)(C)N1CCN(c2ccc(Nc3ncc4c(C)c(C(C)=O)c(=O)n(C5CCCC5)c4n3)nc2)CC1. The van der Waals surface area contributed by atoms with Crippen molar-refractivity contribution in [3.63, 3.8) is 0 Å². The number of nitrogens with zero attached hydrogens (tertiary/aromatic N) is 6. The van der Waals surface area contributed by atoms with Crippen molar-refractivity contribution >= 4 is 40.2 Å². The van der Waals surface area contributed by atoms with Gasteiger partial charge in [-0.05, 0) is 58.2 Å². The minimum absolute atomic E-state index is 0.0209. The fraction of sp³-hybridized carbons (Fsp3) is 0.517. The normalized spacial score (nSPS) is 16.9. The molecule has 1 saturated heterocycles. The van der Waals surface area contributed by atoms with Crippen molar-refractivity contribution in [3.05, 3.63) is 46.0 Å². The van der Waals surface area contributed by atoms with E-state index in [9.17, 15) is 14.4 Å². The Bertz CT molecular complexity index is 1480. The van der Waals surface area contributed by atoms with E-state index in [0.717, 1.165) is 57.5 Å². The molecule has 2 fully saturated rings. The number of aryl methyl sites for hydroxylation is 1. The number of rotatable bonds is 7. The minimum Gasteiger partial charge on any atom is -0.468 e. The van der Waals surface area contributed by atoms with Gasteiger partial charge in [-0.15, -0.1) is 0 Å². The Balaban J connectivity index is 1.35. The number of carbonyl (C=O) groups is 2. The second-order valence-electron chi connectivity index (χ2n) is 11.2. The maximum Gasteiger partial charge on any atom is 0.325 e. The molecule has 0 spiro atoms. The summed E-state index contributed by atoms with van der Waals surface area (Å²) < 4.78 is 6.68. The molecule has 0 radical (unpaired) electrons. The quantitative estimate of drug-likeness (QED) is 0.346. The number of esters is 1. The Morgan fingerprint density at radius 2 is 1.75 bits per heavy atom. The Morgan fingerprint density at radius 1 is 1.05 bits per heavy atom. The van der Waals surface area contributed by atoms with E-state index in [2.05, 4.69) is 25.1 Å². The van der Waals surface area contributed by atoms with E-state index in [1.807, 2.05) is 32.2 Å². The van der Waals surface area contributed by atoms with E-state index >= 15 is 0 Å². The van der Waals surface area contributed by atoms with Crippen molar-refractivity contribution in [2.75, 3.05) is 43.5 Å². The number of methoxy groups -OCH3 is 1. The summed E-state index contributed by atoms with van der Waals surface area (Å²) in [4.78, 5) is 56.1. The Kier molecular flexibility index (Phi) is 7.59. The number of hydrogen-bond donors (Lipinski definition) is 1. The third-order valence-corrected chi connectivity index (χ3v) is 8.36. The molecule has 2 aliphatic rings. The molecule has 1 N–H and O–H groups in total. The molecule has 1 aliphatic heterocycles. The second-order valence-corrected chi connectivity index (χ2v) is 11.2. The number of ether oxygens (including phenoxy) is 1. The van der Waals surface area contributed by atoms with Crippen LogP contribution in [0.2, 0.25) is 0 Å². The molecule has 11 heteroatoms. The highest BCUT2D eigenvalue weighted by atomic mass is 16.5. The number of hydrogen-bond acceptors (Lipinski definition) is 10. The van der Waals surface area contributed by atoms with Crippen molar-refractivity contribution in [1.82, 2.24) is 24.4 Å². The number of fused-ring (bicyclic) bond motifs is 1. The van der Waals surface area contributed by atoms with Crippen LogP contribution in [0.15, 0.2) is 29.3 Å². The molecule has 5 rings (SSSR count). The zero-order valence-electron chi connectivity index (χ0n) is 23.9. The van der Waals surface area contributed by atoms with Crippen molar-refractivity contribution < 1.29 is 14.3 Å². The number of pyridine rings is 2. The molecule has 0 amide bonds. The average Bonchev–Trinajstić information content (AvgIpc) is 3.47. The first-order valence-corrected chi connectivity index (χ1v) is 13.9. The molecule has 0 unspecified atom stereocenters. The number of nitrogens with one attached hydrogen (secondary N) is 1. The standard InChI is InChI=1S/C29H37N7O4/c1-18-22-17-31-28(33-25(22)36(20-8-6-7-9-20)26(38)24(18)19(2)37)32-23-11-10-21(16-30-23)34-12-14-35(15-13-34)29(3,4)27(39)40-5/h10-11,16-17,20H,6-9,12-15H2,1-5H3,(H,30,31,32,33). The maximum absolute atomic E-state index is 13.4. The zero-order valence-corrected chi connectivity index (χ0v) is 23.9. The largest absolute Gasteiger partial charge is 0.468 e. The van der Waals surface area contributed by atoms with E-state index in [4.69, 9.17) is 9.72 Å². The number of ketones is 1. The maximum atomic E-state index is 13.4. The number of aromatic nitrogens is 4. The molecule has 0 bridgehead atoms. The van der Waals surface area contributed by atoms with E-state index in [-0.39, 0.29) is 28.9 Å². The van der Waals surface area contributed by atoms with Gasteiger partial charge in [-0.1, -0.05) is 12.8 Å². The molecular formula is C29H37N7O4. The van der Waals surface area contributed by atoms with Gasteiger partial charge < -0.3 is 15.0 Å². The lowest BCUT2D eigenvalue weighted by molar-refractivity contribution is -0.153. The average molecular weight is 548 g/mol. The van der Waals surface area contributed by atoms with Gasteiger partial charge >= 0.3 is 5.97 Å². The molecule has 1 aliphatic carbocycles. The fourth-order valence-electron chi connectivity index (χ4n) is 5.97. The molecule has 40 heavy (non-hydrogen) atoms. The van der Waals surface area contributed by atoms with E-state index in [1.54, 1.807) is 17.7 Å². The topological polar surface area (TPSA) is 123 Å². The van der Waals surface area contributed by atoms with Crippen LogP contribution in [0.3, 0.4) is 0 Å². The highest BCUT2D eigenvalue weighted by molar-refractivity contribution is 5.99. The van der Waals surface area contributed by atoms with E-state index in [1.165, 1.54) is 14.0 Å². The lowest BCUT2D eigenvalue weighted by Gasteiger charge is -2.42. The molecular weight excluding hydrogens is 510 g/mol. The van der Waals surface area contributed by atoms with Crippen LogP contribution in [0, 0.1) is 6.92 Å². The third-order valence-electron chi connectivity index (χ3n) is 8.36. The van der Waals surface area contributed by atoms with Gasteiger partial charge in [-0.3, -0.25) is 23.9 Å². The Labute approximate surface area is 233 Å². The van der Waals surface area contributed by atoms with Crippen LogP contribution in [0.5, 0.6) is 0 Å². The number of Topliss-reactive ketones (excluding diaryl/α,β-unsaturated/α-hetero) is 1. The molecule has 3 aromatic heterocycles. The van der Waals surface area contributed by atoms with Crippen LogP contribution in [0.25, 0.3) is 11.0 Å². The molecule has 0 aromatic carbocycles. The molecule has 212 valence electrons. The summed E-state index contributed by atoms with van der Waals surface area (Å²) in [6.07, 6.45) is 7.36. The summed E-state index contributed by atoms with van der Waals surface area (Å²) in [7, 11) is 1.42. The van der Waals surface area contributed by atoms with Gasteiger partial charge in [0.1, 0.15) is 17.0 Å². The predicted octanol–water partition coefficient (Wildman–Crippen LogP) is 3.63. The Hall–Kier alpha value is -3.86. The first-order valence-electron chi connectivity index (χ1n) is 13.9. The van der Waals surface area contributed by atoms with Gasteiger partial charge in [-0.25, -0.2) is 9.97 Å². The number of anilines is 3. The predicted molar refractivity (Wildman–Crippen MR) is 153 cm³/mol. The first-order chi connectivity index (χ1) is 19.1. The van der Waals surface area contributed by atoms with Gasteiger partial charge in [0, 0.05) is 43.8 Å². The van der Waals surface area contributed by atoms with Crippen LogP contribution >= 0.6 is 0 Å². The molecule has 0 atom stereocenters. The lowest BCUT2D eigenvalue weighted by atomic mass is 10.0. The monoisotopic (exact) mass is 547 g/mol. The zero-order chi connectivity index (χ0) is 28.6. The summed E-state index contributed by atoms with van der Waals surface area (Å²) in [6.45, 7) is 10.0. The van der Waals surface area contributed by atoms with Crippen molar-refractivity contribution in [2.45, 2.75) is 65.0 Å². The highest BCUT2D eigenvalue weighted by Crippen LogP contribution is 2.32. The van der Waals surface area contributed by atoms with E-state index in [0.29, 0.717) is 28.4 Å². The molecule has 1 saturated carbocycles. The highest BCUT2D eigenvalue weighted by Gasteiger charge is 2.37.